The van der Waals surface area contributed by atoms with E-state index < -0.39 is 0 Å². The van der Waals surface area contributed by atoms with E-state index in [4.69, 9.17) is 0 Å². The standard InChI is InChI=1S/C17H22N4O2/c1-11-6-12-8-18-19-16(12)15(7-11)17(23)21-4-2-13(9-21)20-5-3-14(22)10-20/h6-8,13-14,22H,2-5,9-10H2,1H3,(H,18,19). The maximum atomic E-state index is 12.9. The quantitative estimate of drug-likeness (QED) is 0.872. The molecule has 1 aromatic heterocycles. The molecule has 3 heterocycles. The lowest BCUT2D eigenvalue weighted by molar-refractivity contribution is 0.0779. The zero-order valence-electron chi connectivity index (χ0n) is 13.3. The molecule has 0 aliphatic carbocycles. The highest BCUT2D eigenvalue weighted by Gasteiger charge is 2.34. The molecule has 2 aromatic rings. The molecular formula is C17H22N4O2. The van der Waals surface area contributed by atoms with Gasteiger partial charge in [-0.3, -0.25) is 14.8 Å². The van der Waals surface area contributed by atoms with Crippen molar-refractivity contribution in [1.82, 2.24) is 20.0 Å². The molecule has 2 saturated heterocycles. The van der Waals surface area contributed by atoms with E-state index in [2.05, 4.69) is 15.1 Å². The summed E-state index contributed by atoms with van der Waals surface area (Å²) in [6.45, 7) is 5.20. The van der Waals surface area contributed by atoms with Crippen LogP contribution >= 0.6 is 0 Å². The molecule has 4 rings (SSSR count). The second-order valence-electron chi connectivity index (χ2n) is 6.78. The Kier molecular flexibility index (Phi) is 3.58. The molecule has 2 aliphatic rings. The molecule has 2 atom stereocenters. The predicted octanol–water partition coefficient (Wildman–Crippen LogP) is 1.15. The summed E-state index contributed by atoms with van der Waals surface area (Å²) in [5, 5.41) is 17.7. The number of aromatic amines is 1. The summed E-state index contributed by atoms with van der Waals surface area (Å²) in [5.74, 6) is 0.0743. The van der Waals surface area contributed by atoms with Crippen LogP contribution < -0.4 is 0 Å². The van der Waals surface area contributed by atoms with Crippen LogP contribution in [0.3, 0.4) is 0 Å². The predicted molar refractivity (Wildman–Crippen MR) is 87.3 cm³/mol. The number of amides is 1. The molecule has 1 aromatic carbocycles. The van der Waals surface area contributed by atoms with Crippen LogP contribution in [0.15, 0.2) is 18.3 Å². The van der Waals surface area contributed by atoms with Gasteiger partial charge in [-0.15, -0.1) is 0 Å². The zero-order chi connectivity index (χ0) is 16.0. The van der Waals surface area contributed by atoms with Crippen molar-refractivity contribution in [3.63, 3.8) is 0 Å². The number of hydrogen-bond acceptors (Lipinski definition) is 4. The fourth-order valence-electron chi connectivity index (χ4n) is 3.87. The Balaban J connectivity index is 1.54. The Hall–Kier alpha value is -1.92. The van der Waals surface area contributed by atoms with Gasteiger partial charge < -0.3 is 10.0 Å². The molecule has 122 valence electrons. The van der Waals surface area contributed by atoms with Crippen molar-refractivity contribution < 1.29 is 9.90 Å². The first-order valence-corrected chi connectivity index (χ1v) is 8.27. The van der Waals surface area contributed by atoms with E-state index in [0.29, 0.717) is 11.6 Å². The molecule has 23 heavy (non-hydrogen) atoms. The molecule has 0 radical (unpaired) electrons. The monoisotopic (exact) mass is 314 g/mol. The smallest absolute Gasteiger partial charge is 0.256 e. The fraction of sp³-hybridized carbons (Fsp3) is 0.529. The summed E-state index contributed by atoms with van der Waals surface area (Å²) in [5.41, 5.74) is 2.60. The molecule has 2 aliphatic heterocycles. The number of carbonyl (C=O) groups is 1. The van der Waals surface area contributed by atoms with E-state index in [0.717, 1.165) is 55.5 Å². The summed E-state index contributed by atoms with van der Waals surface area (Å²) in [6, 6.07) is 4.35. The second kappa shape index (κ2) is 5.62. The number of likely N-dealkylation sites (tertiary alicyclic amines) is 2. The van der Waals surface area contributed by atoms with Crippen LogP contribution in [0.1, 0.15) is 28.8 Å². The first-order valence-electron chi connectivity index (χ1n) is 8.27. The Morgan fingerprint density at radius 3 is 2.96 bits per heavy atom. The van der Waals surface area contributed by atoms with Crippen LogP contribution in [0.2, 0.25) is 0 Å². The number of nitrogens with one attached hydrogen (secondary N) is 1. The third-order valence-electron chi connectivity index (χ3n) is 5.09. The highest BCUT2D eigenvalue weighted by molar-refractivity contribution is 6.05. The molecular weight excluding hydrogens is 292 g/mol. The minimum Gasteiger partial charge on any atom is -0.392 e. The van der Waals surface area contributed by atoms with E-state index >= 15 is 0 Å². The van der Waals surface area contributed by atoms with E-state index in [-0.39, 0.29) is 12.0 Å². The van der Waals surface area contributed by atoms with Gasteiger partial charge >= 0.3 is 0 Å². The number of aliphatic hydroxyl groups is 1. The Bertz CT molecular complexity index is 741. The summed E-state index contributed by atoms with van der Waals surface area (Å²) in [6.07, 6.45) is 3.38. The highest BCUT2D eigenvalue weighted by atomic mass is 16.3. The van der Waals surface area contributed by atoms with Crippen LogP contribution in [0.4, 0.5) is 0 Å². The summed E-state index contributed by atoms with van der Waals surface area (Å²) in [4.78, 5) is 17.2. The van der Waals surface area contributed by atoms with E-state index in [1.54, 1.807) is 6.20 Å². The van der Waals surface area contributed by atoms with Crippen molar-refractivity contribution in [3.8, 4) is 0 Å². The molecule has 0 saturated carbocycles. The Morgan fingerprint density at radius 2 is 2.17 bits per heavy atom. The second-order valence-corrected chi connectivity index (χ2v) is 6.78. The molecule has 1 amide bonds. The topological polar surface area (TPSA) is 72.5 Å². The third-order valence-corrected chi connectivity index (χ3v) is 5.09. The molecule has 2 unspecified atom stereocenters. The average molecular weight is 314 g/mol. The molecule has 2 N–H and O–H groups in total. The molecule has 0 spiro atoms. The van der Waals surface area contributed by atoms with Crippen LogP contribution in [0.25, 0.3) is 10.9 Å². The summed E-state index contributed by atoms with van der Waals surface area (Å²) >= 11 is 0. The average Bonchev–Trinajstić information content (AvgIpc) is 3.24. The van der Waals surface area contributed by atoms with Gasteiger partial charge in [0.15, 0.2) is 0 Å². The number of aromatic nitrogens is 2. The lowest BCUT2D eigenvalue weighted by Gasteiger charge is -2.24. The number of carbonyl (C=O) groups excluding carboxylic acids is 1. The largest absolute Gasteiger partial charge is 0.392 e. The molecule has 2 fully saturated rings. The van der Waals surface area contributed by atoms with Crippen LogP contribution in [-0.2, 0) is 0 Å². The lowest BCUT2D eigenvalue weighted by Crippen LogP contribution is -2.38. The zero-order valence-corrected chi connectivity index (χ0v) is 13.3. The number of hydrogen-bond donors (Lipinski definition) is 2. The Labute approximate surface area is 135 Å². The SMILES string of the molecule is Cc1cc(C(=O)N2CCC(N3CCC(O)C3)C2)c2[nH]ncc2c1. The van der Waals surface area contributed by atoms with Gasteiger partial charge in [-0.05, 0) is 37.5 Å². The summed E-state index contributed by atoms with van der Waals surface area (Å²) < 4.78 is 0. The first-order chi connectivity index (χ1) is 11.1. The van der Waals surface area contributed by atoms with Gasteiger partial charge in [-0.2, -0.15) is 5.10 Å². The highest BCUT2D eigenvalue weighted by Crippen LogP contribution is 2.25. The van der Waals surface area contributed by atoms with Gasteiger partial charge in [-0.25, -0.2) is 0 Å². The van der Waals surface area contributed by atoms with Crippen LogP contribution in [0, 0.1) is 6.92 Å². The maximum absolute atomic E-state index is 12.9. The molecule has 0 bridgehead atoms. The first kappa shape index (κ1) is 14.7. The van der Waals surface area contributed by atoms with Gasteiger partial charge in [0.2, 0.25) is 0 Å². The number of β-amino-alcohol motifs (C(OH)–C–C–N with tert-alkyl or cyclic N) is 1. The van der Waals surface area contributed by atoms with Crippen LogP contribution in [-0.4, -0.2) is 69.3 Å². The van der Waals surface area contributed by atoms with E-state index in [1.165, 1.54) is 0 Å². The fourth-order valence-corrected chi connectivity index (χ4v) is 3.87. The van der Waals surface area contributed by atoms with Crippen molar-refractivity contribution in [2.75, 3.05) is 26.2 Å². The minimum absolute atomic E-state index is 0.0743. The maximum Gasteiger partial charge on any atom is 0.256 e. The van der Waals surface area contributed by atoms with Gasteiger partial charge in [0.05, 0.1) is 23.4 Å². The number of benzene rings is 1. The van der Waals surface area contributed by atoms with Gasteiger partial charge in [-0.1, -0.05) is 0 Å². The van der Waals surface area contributed by atoms with Crippen molar-refractivity contribution in [2.45, 2.75) is 31.9 Å². The number of H-pyrrole nitrogens is 1. The van der Waals surface area contributed by atoms with E-state index in [9.17, 15) is 9.90 Å². The number of rotatable bonds is 2. The number of aryl methyl sites for hydroxylation is 1. The molecule has 6 heteroatoms. The van der Waals surface area contributed by atoms with Crippen molar-refractivity contribution >= 4 is 16.8 Å². The van der Waals surface area contributed by atoms with Gasteiger partial charge in [0, 0.05) is 37.6 Å². The van der Waals surface area contributed by atoms with Gasteiger partial charge in [0.25, 0.3) is 5.91 Å². The lowest BCUT2D eigenvalue weighted by atomic mass is 10.1. The van der Waals surface area contributed by atoms with Gasteiger partial charge in [0.1, 0.15) is 0 Å². The number of nitrogens with zero attached hydrogens (tertiary/aromatic N) is 3. The third kappa shape index (κ3) is 2.62. The van der Waals surface area contributed by atoms with E-state index in [1.807, 2.05) is 24.0 Å². The van der Waals surface area contributed by atoms with Crippen molar-refractivity contribution in [1.29, 1.82) is 0 Å². The minimum atomic E-state index is -0.207. The number of fused-ring (bicyclic) bond motifs is 1. The normalized spacial score (nSPS) is 25.6. The van der Waals surface area contributed by atoms with Crippen molar-refractivity contribution in [2.24, 2.45) is 0 Å². The summed E-state index contributed by atoms with van der Waals surface area (Å²) in [7, 11) is 0. The number of aliphatic hydroxyl groups excluding tert-OH is 1. The molecule has 6 nitrogen and oxygen atoms in total. The van der Waals surface area contributed by atoms with Crippen LogP contribution in [0.5, 0.6) is 0 Å². The Morgan fingerprint density at radius 1 is 1.30 bits per heavy atom. The van der Waals surface area contributed by atoms with Crippen molar-refractivity contribution in [3.05, 3.63) is 29.5 Å².